The van der Waals surface area contributed by atoms with E-state index in [9.17, 15) is 4.79 Å². The summed E-state index contributed by atoms with van der Waals surface area (Å²) in [6, 6.07) is 14.6. The molecule has 5 heteroatoms. The molecule has 0 saturated carbocycles. The Bertz CT molecular complexity index is 919. The van der Waals surface area contributed by atoms with E-state index in [0.29, 0.717) is 0 Å². The minimum absolute atomic E-state index is 0.0228. The number of nitrogens with zero attached hydrogens (tertiary/aromatic N) is 2. The van der Waals surface area contributed by atoms with Crippen molar-refractivity contribution in [2.45, 2.75) is 36.5 Å². The van der Waals surface area contributed by atoms with Gasteiger partial charge in [-0.3, -0.25) is 4.79 Å². The zero-order chi connectivity index (χ0) is 18.1. The summed E-state index contributed by atoms with van der Waals surface area (Å²) in [5, 5.41) is 3.12. The summed E-state index contributed by atoms with van der Waals surface area (Å²) in [7, 11) is 0. The molecule has 2 heterocycles. The highest BCUT2D eigenvalue weighted by Crippen LogP contribution is 2.37. The van der Waals surface area contributed by atoms with Crippen molar-refractivity contribution in [2.75, 3.05) is 0 Å². The number of carbonyl (C=O) groups excluding carboxylic acids is 1. The van der Waals surface area contributed by atoms with E-state index < -0.39 is 0 Å². The molecule has 0 radical (unpaired) electrons. The number of rotatable bonds is 4. The molecule has 1 aromatic heterocycles. The first-order valence-corrected chi connectivity index (χ1v) is 9.63. The number of carbonyl (C=O) groups is 1. The lowest BCUT2D eigenvalue weighted by molar-refractivity contribution is -0.121. The Morgan fingerprint density at radius 2 is 2.08 bits per heavy atom. The van der Waals surface area contributed by atoms with Crippen molar-refractivity contribution in [3.05, 3.63) is 77.9 Å². The molecule has 0 fully saturated rings. The van der Waals surface area contributed by atoms with Crippen LogP contribution < -0.4 is 5.32 Å². The molecular weight excluding hydrogens is 342 g/mol. The van der Waals surface area contributed by atoms with E-state index in [-0.39, 0.29) is 17.2 Å². The minimum Gasteiger partial charge on any atom is -0.349 e. The van der Waals surface area contributed by atoms with Crippen LogP contribution in [-0.2, 0) is 11.2 Å². The Hall–Kier alpha value is -2.53. The Morgan fingerprint density at radius 1 is 1.27 bits per heavy atom. The number of hydrogen-bond donors (Lipinski definition) is 1. The van der Waals surface area contributed by atoms with Crippen LogP contribution in [0.2, 0.25) is 0 Å². The summed E-state index contributed by atoms with van der Waals surface area (Å²) in [6.07, 6.45) is 6.25. The lowest BCUT2D eigenvalue weighted by atomic mass is 10.1. The van der Waals surface area contributed by atoms with Gasteiger partial charge < -0.3 is 9.88 Å². The van der Waals surface area contributed by atoms with E-state index in [0.717, 1.165) is 17.7 Å². The third-order valence-corrected chi connectivity index (χ3v) is 6.04. The number of nitrogens with one attached hydrogen (secondary N) is 1. The van der Waals surface area contributed by atoms with Gasteiger partial charge in [-0.1, -0.05) is 29.8 Å². The molecule has 0 spiro atoms. The van der Waals surface area contributed by atoms with E-state index in [1.165, 1.54) is 16.0 Å². The van der Waals surface area contributed by atoms with Crippen LogP contribution in [0.1, 0.15) is 29.7 Å². The van der Waals surface area contributed by atoms with Crippen molar-refractivity contribution >= 4 is 17.7 Å². The minimum atomic E-state index is -0.0422. The van der Waals surface area contributed by atoms with E-state index in [1.807, 2.05) is 29.8 Å². The topological polar surface area (TPSA) is 46.9 Å². The summed E-state index contributed by atoms with van der Waals surface area (Å²) in [5.41, 5.74) is 4.67. The maximum atomic E-state index is 12.7. The van der Waals surface area contributed by atoms with Gasteiger partial charge in [-0.25, -0.2) is 4.98 Å². The lowest BCUT2D eigenvalue weighted by Crippen LogP contribution is -2.34. The molecule has 2 atom stereocenters. The SMILES string of the molecule is Cc1ccc2c(c1)S[C@@H](C(=O)N[C@@H](C)c1ccc(-n3ccnc3)cc1)C2. The molecule has 1 N–H and O–H groups in total. The predicted octanol–water partition coefficient (Wildman–Crippen LogP) is 4.07. The summed E-state index contributed by atoms with van der Waals surface area (Å²) < 4.78 is 1.96. The molecular formula is C21H21N3OS. The van der Waals surface area contributed by atoms with E-state index in [2.05, 4.69) is 47.6 Å². The number of aromatic nitrogens is 2. The summed E-state index contributed by atoms with van der Waals surface area (Å²) in [5.74, 6) is 0.107. The molecule has 132 valence electrons. The molecule has 2 aromatic carbocycles. The quantitative estimate of drug-likeness (QED) is 0.760. The molecule has 4 rings (SSSR count). The standard InChI is InChI=1S/C21H21N3OS/c1-14-3-4-17-12-20(26-19(17)11-14)21(25)23-15(2)16-5-7-18(8-6-16)24-10-9-22-13-24/h3-11,13,15,20H,12H2,1-2H3,(H,23,25)/t15-,20+/m0/s1. The van der Waals surface area contributed by atoms with Crippen LogP contribution in [0.3, 0.4) is 0 Å². The number of aryl methyl sites for hydroxylation is 1. The van der Waals surface area contributed by atoms with Gasteiger partial charge in [-0.15, -0.1) is 11.8 Å². The lowest BCUT2D eigenvalue weighted by Gasteiger charge is -2.17. The Balaban J connectivity index is 1.40. The van der Waals surface area contributed by atoms with Crippen molar-refractivity contribution in [3.63, 3.8) is 0 Å². The average molecular weight is 363 g/mol. The molecule has 0 bridgehead atoms. The van der Waals surface area contributed by atoms with E-state index >= 15 is 0 Å². The zero-order valence-corrected chi connectivity index (χ0v) is 15.7. The van der Waals surface area contributed by atoms with Crippen LogP contribution in [0.15, 0.2) is 66.1 Å². The van der Waals surface area contributed by atoms with Crippen LogP contribution in [0, 0.1) is 6.92 Å². The molecule has 3 aromatic rings. The second-order valence-electron chi connectivity index (χ2n) is 6.71. The fraction of sp³-hybridized carbons (Fsp3) is 0.238. The molecule has 1 aliphatic heterocycles. The highest BCUT2D eigenvalue weighted by Gasteiger charge is 2.29. The van der Waals surface area contributed by atoms with Crippen LogP contribution >= 0.6 is 11.8 Å². The van der Waals surface area contributed by atoms with Crippen molar-refractivity contribution < 1.29 is 4.79 Å². The first kappa shape index (κ1) is 16.9. The molecule has 0 saturated heterocycles. The van der Waals surface area contributed by atoms with Crippen LogP contribution in [-0.4, -0.2) is 20.7 Å². The molecule has 26 heavy (non-hydrogen) atoms. The van der Waals surface area contributed by atoms with Gasteiger partial charge in [0.1, 0.15) is 0 Å². The number of amides is 1. The van der Waals surface area contributed by atoms with Gasteiger partial charge in [0.2, 0.25) is 5.91 Å². The van der Waals surface area contributed by atoms with Crippen molar-refractivity contribution in [2.24, 2.45) is 0 Å². The third kappa shape index (κ3) is 3.40. The summed E-state index contributed by atoms with van der Waals surface area (Å²) in [6.45, 7) is 4.12. The fourth-order valence-corrected chi connectivity index (χ4v) is 4.52. The number of thioether (sulfide) groups is 1. The highest BCUT2D eigenvalue weighted by molar-refractivity contribution is 8.01. The van der Waals surface area contributed by atoms with Crippen molar-refractivity contribution in [3.8, 4) is 5.69 Å². The van der Waals surface area contributed by atoms with Crippen molar-refractivity contribution in [1.29, 1.82) is 0 Å². The molecule has 0 aliphatic carbocycles. The third-order valence-electron chi connectivity index (χ3n) is 4.74. The number of fused-ring (bicyclic) bond motifs is 1. The van der Waals surface area contributed by atoms with Gasteiger partial charge in [-0.2, -0.15) is 0 Å². The Morgan fingerprint density at radius 3 is 2.81 bits per heavy atom. The maximum Gasteiger partial charge on any atom is 0.234 e. The number of hydrogen-bond acceptors (Lipinski definition) is 3. The molecule has 4 nitrogen and oxygen atoms in total. The van der Waals surface area contributed by atoms with Crippen LogP contribution in [0.25, 0.3) is 5.69 Å². The van der Waals surface area contributed by atoms with Gasteiger partial charge >= 0.3 is 0 Å². The molecule has 1 amide bonds. The van der Waals surface area contributed by atoms with Gasteiger partial charge in [-0.05, 0) is 49.6 Å². The fourth-order valence-electron chi connectivity index (χ4n) is 3.22. The normalized spacial score (nSPS) is 16.9. The van der Waals surface area contributed by atoms with Crippen LogP contribution in [0.5, 0.6) is 0 Å². The second-order valence-corrected chi connectivity index (χ2v) is 7.96. The molecule has 0 unspecified atom stereocenters. The number of benzene rings is 2. The van der Waals surface area contributed by atoms with Crippen LogP contribution in [0.4, 0.5) is 0 Å². The van der Waals surface area contributed by atoms with E-state index in [1.54, 1.807) is 24.3 Å². The Kier molecular flexibility index (Phi) is 4.55. The van der Waals surface area contributed by atoms with Gasteiger partial charge in [0, 0.05) is 23.0 Å². The summed E-state index contributed by atoms with van der Waals surface area (Å²) >= 11 is 1.67. The number of imidazole rings is 1. The monoisotopic (exact) mass is 363 g/mol. The first-order chi connectivity index (χ1) is 12.6. The maximum absolute atomic E-state index is 12.7. The summed E-state index contributed by atoms with van der Waals surface area (Å²) in [4.78, 5) is 18.0. The average Bonchev–Trinajstić information content (AvgIpc) is 3.31. The zero-order valence-electron chi connectivity index (χ0n) is 14.8. The van der Waals surface area contributed by atoms with E-state index in [4.69, 9.17) is 0 Å². The van der Waals surface area contributed by atoms with Crippen molar-refractivity contribution in [1.82, 2.24) is 14.9 Å². The first-order valence-electron chi connectivity index (χ1n) is 8.75. The van der Waals surface area contributed by atoms with Gasteiger partial charge in [0.05, 0.1) is 17.6 Å². The van der Waals surface area contributed by atoms with Gasteiger partial charge in [0.25, 0.3) is 0 Å². The van der Waals surface area contributed by atoms with Gasteiger partial charge in [0.15, 0.2) is 0 Å². The largest absolute Gasteiger partial charge is 0.349 e. The predicted molar refractivity (Wildman–Crippen MR) is 105 cm³/mol. The molecule has 1 aliphatic rings. The smallest absolute Gasteiger partial charge is 0.234 e. The second kappa shape index (κ2) is 7.00. The highest BCUT2D eigenvalue weighted by atomic mass is 32.2. The Labute approximate surface area is 157 Å².